The van der Waals surface area contributed by atoms with Crippen LogP contribution in [0.3, 0.4) is 0 Å². The van der Waals surface area contributed by atoms with Gasteiger partial charge in [0.05, 0.1) is 11.0 Å². The number of rotatable bonds is 3. The Morgan fingerprint density at radius 3 is 2.32 bits per heavy atom. The topological polar surface area (TPSA) is 37.3 Å². The van der Waals surface area contributed by atoms with Crippen molar-refractivity contribution >= 4 is 5.97 Å². The molecule has 0 aromatic heterocycles. The predicted molar refractivity (Wildman–Crippen MR) is 63.9 cm³/mol. The number of aliphatic carboxylic acids is 1. The molecule has 104 valence electrons. The van der Waals surface area contributed by atoms with Crippen molar-refractivity contribution < 1.29 is 23.1 Å². The lowest BCUT2D eigenvalue weighted by Gasteiger charge is -2.25. The standard InChI is InChI=1S/C14H15F3O2/c1-8-6-9(7-10(15)11(8)12(16)17)14(13(18)19)4-2-3-5-14/h6-7,12H,2-5H2,1H3,(H,18,19). The number of halogens is 3. The summed E-state index contributed by atoms with van der Waals surface area (Å²) in [5.41, 5.74) is -1.34. The highest BCUT2D eigenvalue weighted by molar-refractivity contribution is 5.82. The van der Waals surface area contributed by atoms with Crippen molar-refractivity contribution in [3.8, 4) is 0 Å². The Bertz CT molecular complexity index is 482. The first kappa shape index (κ1) is 13.9. The third-order valence-corrected chi connectivity index (χ3v) is 3.97. The minimum absolute atomic E-state index is 0.109. The third kappa shape index (κ3) is 2.22. The number of carbonyl (C=O) groups is 1. The quantitative estimate of drug-likeness (QED) is 0.904. The van der Waals surface area contributed by atoms with Gasteiger partial charge in [-0.05, 0) is 37.0 Å². The molecule has 1 aromatic rings. The lowest BCUT2D eigenvalue weighted by atomic mass is 9.78. The van der Waals surface area contributed by atoms with Crippen molar-refractivity contribution in [2.75, 3.05) is 0 Å². The summed E-state index contributed by atoms with van der Waals surface area (Å²) in [6.45, 7) is 1.39. The van der Waals surface area contributed by atoms with Gasteiger partial charge in [-0.3, -0.25) is 4.79 Å². The second-order valence-corrected chi connectivity index (χ2v) is 5.08. The molecule has 0 saturated heterocycles. The fourth-order valence-electron chi connectivity index (χ4n) is 2.91. The van der Waals surface area contributed by atoms with Gasteiger partial charge < -0.3 is 5.11 Å². The van der Waals surface area contributed by atoms with Crippen LogP contribution in [0.15, 0.2) is 12.1 Å². The molecule has 0 unspecified atom stereocenters. The summed E-state index contributed by atoms with van der Waals surface area (Å²) >= 11 is 0. The predicted octanol–water partition coefficient (Wildman–Crippen LogP) is 3.97. The van der Waals surface area contributed by atoms with E-state index in [1.165, 1.54) is 13.0 Å². The van der Waals surface area contributed by atoms with Crippen molar-refractivity contribution in [2.24, 2.45) is 0 Å². The molecule has 2 nitrogen and oxygen atoms in total. The van der Waals surface area contributed by atoms with E-state index in [0.717, 1.165) is 18.9 Å². The summed E-state index contributed by atoms with van der Waals surface area (Å²) in [6, 6.07) is 2.36. The summed E-state index contributed by atoms with van der Waals surface area (Å²) in [5.74, 6) is -2.02. The lowest BCUT2D eigenvalue weighted by Crippen LogP contribution is -2.33. The zero-order valence-electron chi connectivity index (χ0n) is 10.5. The average Bonchev–Trinajstić information content (AvgIpc) is 2.77. The normalized spacial score (nSPS) is 17.9. The second kappa shape index (κ2) is 4.87. The molecule has 1 aromatic carbocycles. The monoisotopic (exact) mass is 272 g/mol. The molecular weight excluding hydrogens is 257 g/mol. The summed E-state index contributed by atoms with van der Waals surface area (Å²) in [7, 11) is 0. The molecule has 0 amide bonds. The maximum Gasteiger partial charge on any atom is 0.314 e. The zero-order chi connectivity index (χ0) is 14.2. The van der Waals surface area contributed by atoms with E-state index in [1.807, 2.05) is 0 Å². The molecule has 1 saturated carbocycles. The van der Waals surface area contributed by atoms with Crippen LogP contribution in [0.4, 0.5) is 13.2 Å². The Morgan fingerprint density at radius 1 is 1.32 bits per heavy atom. The van der Waals surface area contributed by atoms with Gasteiger partial charge in [0.25, 0.3) is 6.43 Å². The van der Waals surface area contributed by atoms with Crippen molar-refractivity contribution in [1.82, 2.24) is 0 Å². The van der Waals surface area contributed by atoms with Gasteiger partial charge in [-0.2, -0.15) is 0 Å². The van der Waals surface area contributed by atoms with E-state index < -0.39 is 29.2 Å². The second-order valence-electron chi connectivity index (χ2n) is 5.08. The first-order valence-electron chi connectivity index (χ1n) is 6.20. The molecule has 0 bridgehead atoms. The first-order chi connectivity index (χ1) is 8.88. The van der Waals surface area contributed by atoms with E-state index in [4.69, 9.17) is 0 Å². The molecule has 1 aliphatic rings. The van der Waals surface area contributed by atoms with E-state index in [-0.39, 0.29) is 5.56 Å². The highest BCUT2D eigenvalue weighted by atomic mass is 19.3. The molecule has 1 aliphatic carbocycles. The first-order valence-corrected chi connectivity index (χ1v) is 6.20. The number of alkyl halides is 2. The van der Waals surface area contributed by atoms with Crippen LogP contribution in [0, 0.1) is 12.7 Å². The molecule has 1 fully saturated rings. The summed E-state index contributed by atoms with van der Waals surface area (Å²) in [4.78, 5) is 11.5. The van der Waals surface area contributed by atoms with Crippen molar-refractivity contribution in [1.29, 1.82) is 0 Å². The third-order valence-electron chi connectivity index (χ3n) is 3.97. The van der Waals surface area contributed by atoms with Crippen LogP contribution in [-0.4, -0.2) is 11.1 Å². The highest BCUT2D eigenvalue weighted by Crippen LogP contribution is 2.43. The molecule has 0 spiro atoms. The molecule has 1 N–H and O–H groups in total. The molecule has 0 radical (unpaired) electrons. The van der Waals surface area contributed by atoms with E-state index in [1.54, 1.807) is 0 Å². The van der Waals surface area contributed by atoms with Gasteiger partial charge in [-0.25, -0.2) is 13.2 Å². The van der Waals surface area contributed by atoms with Crippen LogP contribution >= 0.6 is 0 Å². The number of aryl methyl sites for hydroxylation is 1. The Balaban J connectivity index is 2.55. The Kier molecular flexibility index (Phi) is 3.56. The van der Waals surface area contributed by atoms with Gasteiger partial charge in [0.2, 0.25) is 0 Å². The Morgan fingerprint density at radius 2 is 1.89 bits per heavy atom. The summed E-state index contributed by atoms with van der Waals surface area (Å²) in [6.07, 6.45) is -0.532. The van der Waals surface area contributed by atoms with Gasteiger partial charge in [0.15, 0.2) is 0 Å². The van der Waals surface area contributed by atoms with Gasteiger partial charge in [0.1, 0.15) is 5.82 Å². The maximum atomic E-state index is 13.8. The van der Waals surface area contributed by atoms with Crippen molar-refractivity contribution in [3.05, 3.63) is 34.6 Å². The molecular formula is C14H15F3O2. The largest absolute Gasteiger partial charge is 0.481 e. The van der Waals surface area contributed by atoms with Crippen LogP contribution < -0.4 is 0 Å². The number of carboxylic acids is 1. The summed E-state index contributed by atoms with van der Waals surface area (Å²) in [5, 5.41) is 9.41. The van der Waals surface area contributed by atoms with Crippen molar-refractivity contribution in [2.45, 2.75) is 44.4 Å². The Hall–Kier alpha value is -1.52. The maximum absolute atomic E-state index is 13.8. The van der Waals surface area contributed by atoms with Gasteiger partial charge in [0, 0.05) is 0 Å². The fraction of sp³-hybridized carbons (Fsp3) is 0.500. The van der Waals surface area contributed by atoms with E-state index in [2.05, 4.69) is 0 Å². The zero-order valence-corrected chi connectivity index (χ0v) is 10.5. The smallest absolute Gasteiger partial charge is 0.314 e. The van der Waals surface area contributed by atoms with Crippen LogP contribution in [0.25, 0.3) is 0 Å². The van der Waals surface area contributed by atoms with E-state index in [9.17, 15) is 23.1 Å². The van der Waals surface area contributed by atoms with Gasteiger partial charge in [-0.1, -0.05) is 18.9 Å². The van der Waals surface area contributed by atoms with Crippen LogP contribution in [0.1, 0.15) is 48.8 Å². The average molecular weight is 272 g/mol. The molecule has 5 heteroatoms. The number of benzene rings is 1. The SMILES string of the molecule is Cc1cc(C2(C(=O)O)CCCC2)cc(F)c1C(F)F. The number of hydrogen-bond acceptors (Lipinski definition) is 1. The molecule has 0 aliphatic heterocycles. The van der Waals surface area contributed by atoms with Crippen LogP contribution in [0.5, 0.6) is 0 Å². The van der Waals surface area contributed by atoms with Crippen LogP contribution in [0.2, 0.25) is 0 Å². The van der Waals surface area contributed by atoms with Crippen molar-refractivity contribution in [3.63, 3.8) is 0 Å². The van der Waals surface area contributed by atoms with E-state index in [0.29, 0.717) is 18.4 Å². The molecule has 2 rings (SSSR count). The molecule has 0 atom stereocenters. The number of hydrogen-bond donors (Lipinski definition) is 1. The molecule has 19 heavy (non-hydrogen) atoms. The lowest BCUT2D eigenvalue weighted by molar-refractivity contribution is -0.143. The van der Waals surface area contributed by atoms with Gasteiger partial charge >= 0.3 is 5.97 Å². The molecule has 0 heterocycles. The fourth-order valence-corrected chi connectivity index (χ4v) is 2.91. The summed E-state index contributed by atoms with van der Waals surface area (Å²) < 4.78 is 39.2. The van der Waals surface area contributed by atoms with Gasteiger partial charge in [-0.15, -0.1) is 0 Å². The minimum atomic E-state index is -2.89. The van der Waals surface area contributed by atoms with E-state index >= 15 is 0 Å². The van der Waals surface area contributed by atoms with Crippen LogP contribution in [-0.2, 0) is 10.2 Å². The highest BCUT2D eigenvalue weighted by Gasteiger charge is 2.43. The number of carboxylic acid groups (broad SMARTS) is 1. The minimum Gasteiger partial charge on any atom is -0.481 e. The Labute approximate surface area is 109 Å².